The number of halogens is 1. The lowest BCUT2D eigenvalue weighted by molar-refractivity contribution is -0.113. The van der Waals surface area contributed by atoms with E-state index in [0.29, 0.717) is 6.42 Å². The number of aryl methyl sites for hydroxylation is 1. The summed E-state index contributed by atoms with van der Waals surface area (Å²) < 4.78 is 0.976. The van der Waals surface area contributed by atoms with Gasteiger partial charge in [0.1, 0.15) is 0 Å². The van der Waals surface area contributed by atoms with E-state index in [2.05, 4.69) is 52.4 Å². The topological polar surface area (TPSA) is 53.8 Å². The van der Waals surface area contributed by atoms with Gasteiger partial charge in [0.15, 0.2) is 0 Å². The predicted molar refractivity (Wildman–Crippen MR) is 131 cm³/mol. The Morgan fingerprint density at radius 3 is 2.33 bits per heavy atom. The second-order valence-electron chi connectivity index (χ2n) is 6.94. The van der Waals surface area contributed by atoms with Gasteiger partial charge >= 0.3 is 0 Å². The van der Waals surface area contributed by atoms with Crippen LogP contribution in [0.1, 0.15) is 17.5 Å². The highest BCUT2D eigenvalue weighted by Crippen LogP contribution is 2.33. The molecule has 0 bridgehead atoms. The zero-order valence-electron chi connectivity index (χ0n) is 16.4. The minimum Gasteiger partial charge on any atom is -0.325 e. The number of anilines is 1. The van der Waals surface area contributed by atoms with Crippen molar-refractivity contribution in [1.29, 1.82) is 0 Å². The van der Waals surface area contributed by atoms with E-state index < -0.39 is 0 Å². The normalized spacial score (nSPS) is 13.0. The van der Waals surface area contributed by atoms with E-state index in [1.165, 1.54) is 17.3 Å². The summed E-state index contributed by atoms with van der Waals surface area (Å²) in [6, 6.07) is 23.7. The smallest absolute Gasteiger partial charge is 0.234 e. The second kappa shape index (κ2) is 9.41. The number of fused-ring (bicyclic) bond motifs is 1. The fourth-order valence-corrected chi connectivity index (χ4v) is 4.07. The first-order chi connectivity index (χ1) is 14.6. The molecule has 150 valence electrons. The Morgan fingerprint density at radius 2 is 1.63 bits per heavy atom. The van der Waals surface area contributed by atoms with Gasteiger partial charge in [-0.2, -0.15) is 0 Å². The van der Waals surface area contributed by atoms with Crippen molar-refractivity contribution in [3.63, 3.8) is 0 Å². The van der Waals surface area contributed by atoms with Crippen molar-refractivity contribution in [3.05, 3.63) is 88.4 Å². The molecule has 3 aromatic rings. The second-order valence-corrected chi connectivity index (χ2v) is 8.90. The van der Waals surface area contributed by atoms with Gasteiger partial charge in [-0.15, -0.1) is 11.8 Å². The summed E-state index contributed by atoms with van der Waals surface area (Å²) in [5.74, 6) is 0.231. The number of nitrogens with one attached hydrogen (secondary N) is 1. The van der Waals surface area contributed by atoms with Gasteiger partial charge < -0.3 is 5.32 Å². The van der Waals surface area contributed by atoms with Gasteiger partial charge in [0, 0.05) is 16.6 Å². The number of carbonyl (C=O) groups is 1. The molecular weight excluding hydrogens is 458 g/mol. The standard InChI is InChI=1S/C24H20BrN3OS/c1-16-6-8-17(9-7-16)22-14-24(28-21-5-3-2-4-20(21)27-22)30-15-23(29)26-19-12-10-18(25)11-13-19/h2-13H,14-15H2,1H3,(H,26,29). The monoisotopic (exact) mass is 477 g/mol. The Bertz CT molecular complexity index is 1120. The van der Waals surface area contributed by atoms with Crippen LogP contribution in [0.3, 0.4) is 0 Å². The van der Waals surface area contributed by atoms with Gasteiger partial charge in [-0.25, -0.2) is 4.99 Å². The number of amides is 1. The lowest BCUT2D eigenvalue weighted by Crippen LogP contribution is -2.16. The average molecular weight is 478 g/mol. The van der Waals surface area contributed by atoms with E-state index >= 15 is 0 Å². The van der Waals surface area contributed by atoms with Gasteiger partial charge in [0.25, 0.3) is 0 Å². The first-order valence-electron chi connectivity index (χ1n) is 9.56. The Morgan fingerprint density at radius 1 is 0.967 bits per heavy atom. The van der Waals surface area contributed by atoms with Gasteiger partial charge in [-0.3, -0.25) is 9.79 Å². The molecule has 1 aliphatic rings. The maximum Gasteiger partial charge on any atom is 0.234 e. The summed E-state index contributed by atoms with van der Waals surface area (Å²) in [6.45, 7) is 2.07. The zero-order valence-corrected chi connectivity index (χ0v) is 18.8. The first kappa shape index (κ1) is 20.6. The lowest BCUT2D eigenvalue weighted by Gasteiger charge is -2.09. The van der Waals surface area contributed by atoms with Crippen LogP contribution in [0, 0.1) is 6.92 Å². The number of rotatable bonds is 4. The van der Waals surface area contributed by atoms with Crippen LogP contribution < -0.4 is 5.32 Å². The van der Waals surface area contributed by atoms with Gasteiger partial charge in [0.2, 0.25) is 5.91 Å². The van der Waals surface area contributed by atoms with E-state index in [4.69, 9.17) is 9.98 Å². The van der Waals surface area contributed by atoms with Crippen molar-refractivity contribution in [2.45, 2.75) is 13.3 Å². The number of aliphatic imine (C=N–C) groups is 2. The Kier molecular flexibility index (Phi) is 6.45. The van der Waals surface area contributed by atoms with Crippen LogP contribution in [-0.2, 0) is 4.79 Å². The van der Waals surface area contributed by atoms with Crippen LogP contribution in [0.15, 0.2) is 87.3 Å². The molecule has 6 heteroatoms. The molecule has 4 nitrogen and oxygen atoms in total. The minimum atomic E-state index is -0.0589. The molecule has 1 aliphatic heterocycles. The molecule has 0 unspecified atom stereocenters. The molecule has 0 spiro atoms. The van der Waals surface area contributed by atoms with E-state index in [-0.39, 0.29) is 11.7 Å². The molecule has 30 heavy (non-hydrogen) atoms. The van der Waals surface area contributed by atoms with Crippen LogP contribution in [0.4, 0.5) is 17.1 Å². The highest BCUT2D eigenvalue weighted by Gasteiger charge is 2.16. The van der Waals surface area contributed by atoms with Gasteiger partial charge in [0.05, 0.1) is 27.9 Å². The number of hydrogen-bond acceptors (Lipinski definition) is 4. The fourth-order valence-electron chi connectivity index (χ4n) is 3.03. The first-order valence-corrected chi connectivity index (χ1v) is 11.3. The van der Waals surface area contributed by atoms with E-state index in [1.807, 2.05) is 48.5 Å². The van der Waals surface area contributed by atoms with Crippen molar-refractivity contribution < 1.29 is 4.79 Å². The van der Waals surface area contributed by atoms with Gasteiger partial charge in [-0.1, -0.05) is 57.9 Å². The molecule has 3 aromatic carbocycles. The van der Waals surface area contributed by atoms with E-state index in [9.17, 15) is 4.79 Å². The number of carbonyl (C=O) groups excluding carboxylic acids is 1. The average Bonchev–Trinajstić information content (AvgIpc) is 2.94. The molecule has 0 saturated carbocycles. The molecule has 0 fully saturated rings. The van der Waals surface area contributed by atoms with Crippen LogP contribution in [0.5, 0.6) is 0 Å². The Labute approximate surface area is 188 Å². The quantitative estimate of drug-likeness (QED) is 0.455. The number of thioether (sulfide) groups is 1. The number of benzene rings is 3. The Hall–Kier alpha value is -2.70. The summed E-state index contributed by atoms with van der Waals surface area (Å²) in [7, 11) is 0. The molecule has 1 N–H and O–H groups in total. The molecule has 1 heterocycles. The predicted octanol–water partition coefficient (Wildman–Crippen LogP) is 6.68. The summed E-state index contributed by atoms with van der Waals surface area (Å²) in [5.41, 5.74) is 5.70. The number of para-hydroxylation sites is 2. The molecule has 0 saturated heterocycles. The maximum atomic E-state index is 12.4. The summed E-state index contributed by atoms with van der Waals surface area (Å²) in [4.78, 5) is 22.1. The third-order valence-corrected chi connectivity index (χ3v) is 6.09. The van der Waals surface area contributed by atoms with Crippen LogP contribution in [0.2, 0.25) is 0 Å². The molecule has 1 amide bonds. The molecule has 0 atom stereocenters. The largest absolute Gasteiger partial charge is 0.325 e. The fraction of sp³-hybridized carbons (Fsp3) is 0.125. The maximum absolute atomic E-state index is 12.4. The van der Waals surface area contributed by atoms with Crippen molar-refractivity contribution in [2.24, 2.45) is 9.98 Å². The van der Waals surface area contributed by atoms with Crippen LogP contribution in [0.25, 0.3) is 0 Å². The molecule has 4 rings (SSSR count). The van der Waals surface area contributed by atoms with Gasteiger partial charge in [-0.05, 0) is 48.9 Å². The summed E-state index contributed by atoms with van der Waals surface area (Å²) >= 11 is 4.85. The molecule has 0 aliphatic carbocycles. The third-order valence-electron chi connectivity index (χ3n) is 4.58. The van der Waals surface area contributed by atoms with Crippen molar-refractivity contribution in [1.82, 2.24) is 0 Å². The highest BCUT2D eigenvalue weighted by atomic mass is 79.9. The van der Waals surface area contributed by atoms with E-state index in [1.54, 1.807) is 0 Å². The van der Waals surface area contributed by atoms with Crippen LogP contribution in [-0.4, -0.2) is 22.4 Å². The van der Waals surface area contributed by atoms with Crippen LogP contribution >= 0.6 is 27.7 Å². The number of nitrogens with zero attached hydrogens (tertiary/aromatic N) is 2. The molecule has 0 aromatic heterocycles. The number of hydrogen-bond donors (Lipinski definition) is 1. The summed E-state index contributed by atoms with van der Waals surface area (Å²) in [6.07, 6.45) is 0.591. The third kappa shape index (κ3) is 5.26. The molecule has 0 radical (unpaired) electrons. The highest BCUT2D eigenvalue weighted by molar-refractivity contribution is 9.10. The van der Waals surface area contributed by atoms with Crippen molar-refractivity contribution in [3.8, 4) is 0 Å². The molecular formula is C24H20BrN3OS. The zero-order chi connectivity index (χ0) is 20.9. The van der Waals surface area contributed by atoms with Crippen molar-refractivity contribution >= 4 is 61.4 Å². The SMILES string of the molecule is Cc1ccc(C2=Nc3ccccc3N=C(SCC(=O)Nc3ccc(Br)cc3)C2)cc1. The Balaban J connectivity index is 1.51. The summed E-state index contributed by atoms with van der Waals surface area (Å²) in [5, 5.41) is 3.81. The lowest BCUT2D eigenvalue weighted by atomic mass is 10.1. The van der Waals surface area contributed by atoms with Crippen molar-refractivity contribution in [2.75, 3.05) is 11.1 Å². The van der Waals surface area contributed by atoms with E-state index in [0.717, 1.165) is 37.9 Å². The minimum absolute atomic E-state index is 0.0589.